The zero-order valence-electron chi connectivity index (χ0n) is 19.4. The first-order valence-electron chi connectivity index (χ1n) is 11.8. The molecule has 1 aliphatic heterocycles. The zero-order valence-corrected chi connectivity index (χ0v) is 19.4. The third-order valence-corrected chi connectivity index (χ3v) is 7.18. The van der Waals surface area contributed by atoms with Crippen molar-refractivity contribution in [2.75, 3.05) is 12.3 Å². The summed E-state index contributed by atoms with van der Waals surface area (Å²) in [6, 6.07) is 9.50. The lowest BCUT2D eigenvalue weighted by atomic mass is 9.80. The number of nitrogen functional groups attached to an aromatic ring is 1. The largest absolute Gasteiger partial charge is 0.417 e. The van der Waals surface area contributed by atoms with Crippen LogP contribution in [0.15, 0.2) is 42.6 Å². The first kappa shape index (κ1) is 23.5. The molecule has 2 N–H and O–H groups in total. The number of rotatable bonds is 4. The molecule has 1 aromatic carbocycles. The number of anilines is 1. The number of nitrogens with two attached hydrogens (primary N) is 1. The number of benzene rings is 1. The molecule has 1 aliphatic carbocycles. The Kier molecular flexibility index (Phi) is 6.13. The number of amides is 1. The lowest BCUT2D eigenvalue weighted by Crippen LogP contribution is -2.48. The minimum Gasteiger partial charge on any atom is -0.383 e. The van der Waals surface area contributed by atoms with Gasteiger partial charge in [0.2, 0.25) is 0 Å². The van der Waals surface area contributed by atoms with E-state index in [-0.39, 0.29) is 30.5 Å². The molecule has 1 saturated heterocycles. The van der Waals surface area contributed by atoms with Crippen molar-refractivity contribution >= 4 is 22.6 Å². The molecule has 2 aromatic heterocycles. The average molecular weight is 485 g/mol. The molecule has 0 spiro atoms. The van der Waals surface area contributed by atoms with Gasteiger partial charge in [0.1, 0.15) is 5.82 Å². The number of aryl methyl sites for hydroxylation is 1. The van der Waals surface area contributed by atoms with E-state index in [9.17, 15) is 18.0 Å². The Bertz CT molecular complexity index is 1250. The van der Waals surface area contributed by atoms with Crippen molar-refractivity contribution in [2.45, 2.75) is 57.5 Å². The number of ether oxygens (including phenoxy) is 1. The number of aromatic nitrogens is 2. The fourth-order valence-corrected chi connectivity index (χ4v) is 5.33. The van der Waals surface area contributed by atoms with Gasteiger partial charge in [-0.15, -0.1) is 0 Å². The molecule has 9 heteroatoms. The van der Waals surface area contributed by atoms with E-state index in [2.05, 4.69) is 9.97 Å². The van der Waals surface area contributed by atoms with E-state index < -0.39 is 11.7 Å². The molecule has 1 saturated carbocycles. The van der Waals surface area contributed by atoms with Crippen LogP contribution in [0.1, 0.15) is 52.9 Å². The van der Waals surface area contributed by atoms with Crippen molar-refractivity contribution in [2.24, 2.45) is 5.92 Å². The summed E-state index contributed by atoms with van der Waals surface area (Å²) in [6.07, 6.45) is 0.0482. The highest BCUT2D eigenvalue weighted by molar-refractivity contribution is 5.98. The van der Waals surface area contributed by atoms with Gasteiger partial charge in [-0.05, 0) is 74.6 Å². The predicted molar refractivity (Wildman–Crippen MR) is 125 cm³/mol. The fourth-order valence-electron chi connectivity index (χ4n) is 5.33. The van der Waals surface area contributed by atoms with Crippen LogP contribution in [-0.2, 0) is 17.5 Å². The second-order valence-electron chi connectivity index (χ2n) is 9.43. The van der Waals surface area contributed by atoms with Crippen LogP contribution < -0.4 is 5.73 Å². The van der Waals surface area contributed by atoms with E-state index in [1.807, 2.05) is 13.0 Å². The maximum absolute atomic E-state index is 13.9. The van der Waals surface area contributed by atoms with Gasteiger partial charge in [-0.25, -0.2) is 4.98 Å². The van der Waals surface area contributed by atoms with Crippen LogP contribution in [-0.4, -0.2) is 39.5 Å². The first-order valence-corrected chi connectivity index (χ1v) is 11.8. The van der Waals surface area contributed by atoms with E-state index >= 15 is 0 Å². The van der Waals surface area contributed by atoms with Gasteiger partial charge in [0.15, 0.2) is 0 Å². The molecule has 3 aromatic rings. The number of carbonyl (C=O) groups is 1. The minimum absolute atomic E-state index is 0.0742. The third kappa shape index (κ3) is 4.69. The van der Waals surface area contributed by atoms with Gasteiger partial charge in [0.25, 0.3) is 5.91 Å². The Hall–Kier alpha value is -3.20. The normalized spacial score (nSPS) is 22.2. The number of halogens is 3. The summed E-state index contributed by atoms with van der Waals surface area (Å²) in [7, 11) is 0. The van der Waals surface area contributed by atoms with Crippen molar-refractivity contribution < 1.29 is 22.7 Å². The summed E-state index contributed by atoms with van der Waals surface area (Å²) < 4.78 is 45.0. The van der Waals surface area contributed by atoms with Crippen LogP contribution in [0.3, 0.4) is 0 Å². The molecular formula is C26H27F3N4O2. The van der Waals surface area contributed by atoms with E-state index in [0.29, 0.717) is 29.2 Å². The molecule has 2 fully saturated rings. The van der Waals surface area contributed by atoms with E-state index in [1.54, 1.807) is 23.1 Å². The molecule has 0 unspecified atom stereocenters. The van der Waals surface area contributed by atoms with E-state index in [0.717, 1.165) is 48.9 Å². The molecular weight excluding hydrogens is 457 g/mol. The van der Waals surface area contributed by atoms with Crippen molar-refractivity contribution in [3.63, 3.8) is 0 Å². The van der Waals surface area contributed by atoms with Gasteiger partial charge in [0.05, 0.1) is 29.4 Å². The number of pyridine rings is 2. The Labute approximate surface area is 201 Å². The number of alkyl halides is 3. The Balaban J connectivity index is 1.49. The summed E-state index contributed by atoms with van der Waals surface area (Å²) in [4.78, 5) is 24.1. The van der Waals surface area contributed by atoms with Crippen molar-refractivity contribution in [1.82, 2.24) is 14.9 Å². The number of carbonyl (C=O) groups excluding carboxylic acids is 1. The Morgan fingerprint density at radius 1 is 1.17 bits per heavy atom. The highest BCUT2D eigenvalue weighted by atomic mass is 19.4. The summed E-state index contributed by atoms with van der Waals surface area (Å²) in [5.74, 6) is 0.466. The topological polar surface area (TPSA) is 81.3 Å². The van der Waals surface area contributed by atoms with Gasteiger partial charge in [-0.3, -0.25) is 9.78 Å². The molecule has 2 aliphatic rings. The SMILES string of the molecule is Cc1cc2cc(C(=O)N(Cc3ccc(C(F)(F)F)cn3)[C@@H]3CCC[C@H]4OCC[C@H]34)ccc2nc1N. The minimum atomic E-state index is -4.46. The van der Waals surface area contributed by atoms with Crippen molar-refractivity contribution in [3.05, 3.63) is 65.0 Å². The zero-order chi connectivity index (χ0) is 24.7. The second-order valence-corrected chi connectivity index (χ2v) is 9.43. The second kappa shape index (κ2) is 9.11. The summed E-state index contributed by atoms with van der Waals surface area (Å²) in [6.45, 7) is 2.65. The summed E-state index contributed by atoms with van der Waals surface area (Å²) >= 11 is 0. The van der Waals surface area contributed by atoms with Crippen molar-refractivity contribution in [1.29, 1.82) is 0 Å². The lowest BCUT2D eigenvalue weighted by Gasteiger charge is -2.40. The number of fused-ring (bicyclic) bond motifs is 2. The number of hydrogen-bond donors (Lipinski definition) is 1. The van der Waals surface area contributed by atoms with Gasteiger partial charge in [-0.1, -0.05) is 0 Å². The molecule has 0 bridgehead atoms. The van der Waals surface area contributed by atoms with Gasteiger partial charge < -0.3 is 15.4 Å². The van der Waals surface area contributed by atoms with Crippen LogP contribution in [0, 0.1) is 12.8 Å². The van der Waals surface area contributed by atoms with Gasteiger partial charge in [0, 0.05) is 35.7 Å². The maximum atomic E-state index is 13.9. The quantitative estimate of drug-likeness (QED) is 0.555. The van der Waals surface area contributed by atoms with Crippen LogP contribution in [0.2, 0.25) is 0 Å². The lowest BCUT2D eigenvalue weighted by molar-refractivity contribution is -0.137. The summed E-state index contributed by atoms with van der Waals surface area (Å²) in [5.41, 5.74) is 7.55. The maximum Gasteiger partial charge on any atom is 0.417 e. The molecule has 35 heavy (non-hydrogen) atoms. The number of nitrogens with zero attached hydrogens (tertiary/aromatic N) is 3. The molecule has 1 amide bonds. The van der Waals surface area contributed by atoms with Gasteiger partial charge in [-0.2, -0.15) is 13.2 Å². The van der Waals surface area contributed by atoms with Crippen molar-refractivity contribution in [3.8, 4) is 0 Å². The van der Waals surface area contributed by atoms with Crippen LogP contribution in [0.25, 0.3) is 10.9 Å². The first-order chi connectivity index (χ1) is 16.7. The molecule has 3 atom stereocenters. The van der Waals surface area contributed by atoms with Crippen LogP contribution >= 0.6 is 0 Å². The smallest absolute Gasteiger partial charge is 0.383 e. The molecule has 184 valence electrons. The monoisotopic (exact) mass is 484 g/mol. The number of hydrogen-bond acceptors (Lipinski definition) is 5. The highest BCUT2D eigenvalue weighted by Crippen LogP contribution is 2.38. The Morgan fingerprint density at radius 2 is 2.00 bits per heavy atom. The third-order valence-electron chi connectivity index (χ3n) is 7.18. The standard InChI is InChI=1S/C26H27F3N4O2/c1-15-11-17-12-16(5-8-21(17)32-24(15)30)25(34)33(22-3-2-4-23-20(22)9-10-35-23)14-19-7-6-18(13-31-19)26(27,28)29/h5-8,11-13,20,22-23H,2-4,9-10,14H2,1H3,(H2,30,32)/t20-,22-,23-/m1/s1. The van der Waals surface area contributed by atoms with E-state index in [4.69, 9.17) is 10.5 Å². The molecule has 6 nitrogen and oxygen atoms in total. The molecule has 3 heterocycles. The fraction of sp³-hybridized carbons (Fsp3) is 0.423. The van der Waals surface area contributed by atoms with E-state index in [1.165, 1.54) is 6.07 Å². The predicted octanol–water partition coefficient (Wildman–Crippen LogP) is 5.14. The highest BCUT2D eigenvalue weighted by Gasteiger charge is 2.42. The van der Waals surface area contributed by atoms with Crippen LogP contribution in [0.5, 0.6) is 0 Å². The van der Waals surface area contributed by atoms with Gasteiger partial charge >= 0.3 is 6.18 Å². The Morgan fingerprint density at radius 3 is 2.74 bits per heavy atom. The van der Waals surface area contributed by atoms with Crippen LogP contribution in [0.4, 0.5) is 19.0 Å². The summed E-state index contributed by atoms with van der Waals surface area (Å²) in [5, 5.41) is 0.806. The molecule has 5 rings (SSSR count). The average Bonchev–Trinajstić information content (AvgIpc) is 3.32. The molecule has 0 radical (unpaired) electrons.